The van der Waals surface area contributed by atoms with E-state index in [1.165, 1.54) is 9.76 Å². The van der Waals surface area contributed by atoms with E-state index in [1.54, 1.807) is 13.0 Å². The molecule has 0 rings (SSSR count). The van der Waals surface area contributed by atoms with Gasteiger partial charge in [0.1, 0.15) is 0 Å². The Balaban J connectivity index is 3.63. The zero-order chi connectivity index (χ0) is 7.98. The third kappa shape index (κ3) is 3.63. The number of ether oxygens (including phenoxy) is 1. The Bertz CT molecular complexity index is 143. The van der Waals surface area contributed by atoms with Gasteiger partial charge in [0.2, 0.25) is 0 Å². The largest absolute Gasteiger partial charge is 0.467 e. The molecular weight excluding hydrogens is 160 g/mol. The van der Waals surface area contributed by atoms with Crippen molar-refractivity contribution in [3.63, 3.8) is 0 Å². The van der Waals surface area contributed by atoms with Crippen molar-refractivity contribution in [1.82, 2.24) is 0 Å². The van der Waals surface area contributed by atoms with Crippen molar-refractivity contribution >= 4 is 24.8 Å². The van der Waals surface area contributed by atoms with Crippen LogP contribution in [0.3, 0.4) is 0 Å². The highest BCUT2D eigenvalue weighted by Crippen LogP contribution is 1.94. The van der Waals surface area contributed by atoms with E-state index >= 15 is 0 Å². The van der Waals surface area contributed by atoms with E-state index in [0.717, 1.165) is 6.23 Å². The summed E-state index contributed by atoms with van der Waals surface area (Å²) < 4.78 is 4.93. The number of carbonyl (C=O) groups excluding carboxylic acids is 1. The second kappa shape index (κ2) is 5.43. The topological polar surface area (TPSA) is 26.3 Å². The van der Waals surface area contributed by atoms with Crippen molar-refractivity contribution in [2.75, 3.05) is 6.23 Å². The summed E-state index contributed by atoms with van der Waals surface area (Å²) in [6.07, 6.45) is 2.49. The third-order valence-corrected chi connectivity index (χ3v) is 3.03. The van der Waals surface area contributed by atoms with Gasteiger partial charge in [0.05, 0.1) is 15.3 Å². The van der Waals surface area contributed by atoms with Gasteiger partial charge in [0.25, 0.3) is 0 Å². The number of rotatable bonds is 3. The molecule has 0 aliphatic rings. The third-order valence-electron chi connectivity index (χ3n) is 1.19. The maximum absolute atomic E-state index is 10.9. The van der Waals surface area contributed by atoms with E-state index in [9.17, 15) is 4.79 Å². The Hall–Kier alpha value is -0.356. The first-order valence-corrected chi connectivity index (χ1v) is 10.2. The van der Waals surface area contributed by atoms with Crippen molar-refractivity contribution in [1.29, 1.82) is 0 Å². The summed E-state index contributed by atoms with van der Waals surface area (Å²) in [5.74, 6) is -0.147. The van der Waals surface area contributed by atoms with Gasteiger partial charge < -0.3 is 4.74 Å². The van der Waals surface area contributed by atoms with Gasteiger partial charge >= 0.3 is 5.97 Å². The van der Waals surface area contributed by atoms with Crippen LogP contribution in [-0.4, -0.2) is 31.0 Å². The maximum Gasteiger partial charge on any atom is 0.333 e. The molecule has 0 aromatic rings. The van der Waals surface area contributed by atoms with E-state index < -0.39 is 0 Å². The van der Waals surface area contributed by atoms with Crippen molar-refractivity contribution in [2.24, 2.45) is 0 Å². The fraction of sp³-hybridized carbons (Fsp3) is 0.500. The van der Waals surface area contributed by atoms with Gasteiger partial charge in [-0.2, -0.15) is 0 Å². The number of hydrogen-bond acceptors (Lipinski definition) is 2. The summed E-state index contributed by atoms with van der Waals surface area (Å²) in [5, 5.41) is 0. The van der Waals surface area contributed by atoms with Crippen LogP contribution in [0.1, 0.15) is 13.8 Å². The molecule has 0 fully saturated rings. The maximum atomic E-state index is 10.9. The smallest absolute Gasteiger partial charge is 0.333 e. The summed E-state index contributed by atoms with van der Waals surface area (Å²) in [6, 6.07) is 0. The minimum atomic E-state index is -0.147. The lowest BCUT2D eigenvalue weighted by Gasteiger charge is -2.00. The number of allylic oxidation sites excluding steroid dienone is 1. The molecule has 0 atom stereocenters. The first-order valence-electron chi connectivity index (χ1n) is 3.52. The molecule has 0 aliphatic heterocycles. The number of carbonyl (C=O) groups is 1. The molecule has 0 aliphatic carbocycles. The molecule has 0 N–H and O–H groups in total. The van der Waals surface area contributed by atoms with Crippen LogP contribution < -0.4 is 0 Å². The quantitative estimate of drug-likeness (QED) is 0.308. The Labute approximate surface area is 66.7 Å². The normalized spacial score (nSPS) is 12.8. The SMILES string of the molecule is CC=C(C)C(=O)OC[SiH2][SiH3]. The fourth-order valence-electron chi connectivity index (χ4n) is 0.426. The van der Waals surface area contributed by atoms with Gasteiger partial charge in [-0.15, -0.1) is 0 Å². The number of esters is 1. The van der Waals surface area contributed by atoms with E-state index in [-0.39, 0.29) is 15.0 Å². The lowest BCUT2D eigenvalue weighted by Crippen LogP contribution is -2.11. The minimum Gasteiger partial charge on any atom is -0.467 e. The summed E-state index contributed by atoms with van der Waals surface area (Å²) in [7, 11) is 1.23. The van der Waals surface area contributed by atoms with Crippen molar-refractivity contribution in [3.8, 4) is 0 Å². The van der Waals surface area contributed by atoms with Crippen LogP contribution in [0.4, 0.5) is 0 Å². The average molecular weight is 174 g/mol. The van der Waals surface area contributed by atoms with Crippen LogP contribution in [0.5, 0.6) is 0 Å². The predicted molar refractivity (Wildman–Crippen MR) is 48.9 cm³/mol. The molecule has 0 aromatic carbocycles. The van der Waals surface area contributed by atoms with Gasteiger partial charge in [-0.3, -0.25) is 0 Å². The molecule has 0 saturated carbocycles. The fourth-order valence-corrected chi connectivity index (χ4v) is 1.43. The molecular formula is C6H14O2Si2. The molecule has 10 heavy (non-hydrogen) atoms. The molecule has 0 radical (unpaired) electrons. The predicted octanol–water partition coefficient (Wildman–Crippen LogP) is -1.10. The minimum absolute atomic E-state index is 0.000171. The Morgan fingerprint density at radius 1 is 1.80 bits per heavy atom. The monoisotopic (exact) mass is 174 g/mol. The van der Waals surface area contributed by atoms with Crippen molar-refractivity contribution in [3.05, 3.63) is 11.6 Å². The molecule has 0 bridgehead atoms. The molecule has 2 nitrogen and oxygen atoms in total. The van der Waals surface area contributed by atoms with Gasteiger partial charge in [-0.05, 0) is 23.6 Å². The van der Waals surface area contributed by atoms with Crippen molar-refractivity contribution in [2.45, 2.75) is 13.8 Å². The Morgan fingerprint density at radius 3 is 2.80 bits per heavy atom. The lowest BCUT2D eigenvalue weighted by molar-refractivity contribution is -0.137. The summed E-state index contributed by atoms with van der Waals surface area (Å²) >= 11 is 0. The zero-order valence-electron chi connectivity index (χ0n) is 6.81. The molecule has 4 heteroatoms. The van der Waals surface area contributed by atoms with Crippen LogP contribution in [0.25, 0.3) is 0 Å². The van der Waals surface area contributed by atoms with Gasteiger partial charge in [-0.25, -0.2) is 4.79 Å². The molecule has 0 spiro atoms. The summed E-state index contributed by atoms with van der Waals surface area (Å²) in [6.45, 7) is 3.62. The Morgan fingerprint density at radius 2 is 2.40 bits per heavy atom. The molecule has 58 valence electrons. The average Bonchev–Trinajstić information content (AvgIpc) is 1.98. The molecule has 0 saturated heterocycles. The van der Waals surface area contributed by atoms with Crippen LogP contribution in [0, 0.1) is 0 Å². The standard InChI is InChI=1S/C6H14O2Si2/c1-3-5(2)6(7)8-4-10-9/h3H,4,10H2,1-2,9H3. The first kappa shape index (κ1) is 9.64. The highest BCUT2D eigenvalue weighted by molar-refractivity contribution is 6.89. The van der Waals surface area contributed by atoms with E-state index in [0.29, 0.717) is 5.57 Å². The van der Waals surface area contributed by atoms with Crippen LogP contribution in [0.15, 0.2) is 11.6 Å². The van der Waals surface area contributed by atoms with Gasteiger partial charge in [0.15, 0.2) is 0 Å². The highest BCUT2D eigenvalue weighted by Gasteiger charge is 2.01. The van der Waals surface area contributed by atoms with Crippen molar-refractivity contribution < 1.29 is 9.53 Å². The second-order valence-electron chi connectivity index (χ2n) is 2.11. The molecule has 0 amide bonds. The van der Waals surface area contributed by atoms with E-state index in [4.69, 9.17) is 4.74 Å². The molecule has 0 aromatic heterocycles. The Kier molecular flexibility index (Phi) is 5.24. The van der Waals surface area contributed by atoms with Crippen LogP contribution in [-0.2, 0) is 9.53 Å². The van der Waals surface area contributed by atoms with E-state index in [2.05, 4.69) is 0 Å². The van der Waals surface area contributed by atoms with Crippen LogP contribution >= 0.6 is 0 Å². The second-order valence-corrected chi connectivity index (χ2v) is 6.52. The number of hydrogen-bond donors (Lipinski definition) is 0. The van der Waals surface area contributed by atoms with Crippen LogP contribution in [0.2, 0.25) is 0 Å². The highest BCUT2D eigenvalue weighted by atomic mass is 29.1. The lowest BCUT2D eigenvalue weighted by atomic mass is 10.3. The summed E-state index contributed by atoms with van der Waals surface area (Å²) in [4.78, 5) is 10.9. The molecule has 0 heterocycles. The summed E-state index contributed by atoms with van der Waals surface area (Å²) in [5.41, 5.74) is 0.712. The first-order chi connectivity index (χ1) is 4.72. The van der Waals surface area contributed by atoms with E-state index in [1.807, 2.05) is 6.92 Å². The van der Waals surface area contributed by atoms with Gasteiger partial charge in [0, 0.05) is 5.57 Å². The zero-order valence-corrected chi connectivity index (χ0v) is 10.2. The van der Waals surface area contributed by atoms with Gasteiger partial charge in [-0.1, -0.05) is 6.08 Å². The molecule has 0 unspecified atom stereocenters.